The van der Waals surface area contributed by atoms with Crippen LogP contribution in [0.3, 0.4) is 0 Å². The summed E-state index contributed by atoms with van der Waals surface area (Å²) in [5.74, 6) is -0.932. The van der Waals surface area contributed by atoms with Crippen molar-refractivity contribution < 1.29 is 128 Å². The summed E-state index contributed by atoms with van der Waals surface area (Å²) < 4.78 is 55.6. The molecule has 0 spiro atoms. The van der Waals surface area contributed by atoms with Crippen LogP contribution < -0.4 is 18.9 Å². The maximum absolute atomic E-state index is 12.8. The van der Waals surface area contributed by atoms with Gasteiger partial charge in [0.15, 0.2) is 47.1 Å². The smallest absolute Gasteiger partial charge is 0.229 e. The number of benzene rings is 2. The molecule has 71 heavy (non-hydrogen) atoms. The summed E-state index contributed by atoms with van der Waals surface area (Å²) in [6.07, 6.45) is -29.8. The zero-order chi connectivity index (χ0) is 51.8. The number of hydrogen-bond donors (Lipinski definition) is 14. The minimum absolute atomic E-state index is 0.0394. The van der Waals surface area contributed by atoms with E-state index in [1.807, 2.05) is 0 Å². The Morgan fingerprint density at radius 1 is 0.451 bits per heavy atom. The lowest BCUT2D eigenvalue weighted by Gasteiger charge is -2.48. The molecule has 0 saturated carbocycles. The summed E-state index contributed by atoms with van der Waals surface area (Å²) in [6.45, 7) is -3.21. The molecule has 0 amide bonds. The molecule has 2 aromatic carbocycles. The van der Waals surface area contributed by atoms with Gasteiger partial charge in [-0.3, -0.25) is 9.59 Å². The molecule has 4 fully saturated rings. The molecule has 20 atom stereocenters. The van der Waals surface area contributed by atoms with Gasteiger partial charge in [-0.15, -0.1) is 0 Å². The van der Waals surface area contributed by atoms with Gasteiger partial charge < -0.3 is 119 Å². The fourth-order valence-electron chi connectivity index (χ4n) is 7.98. The summed E-state index contributed by atoms with van der Waals surface area (Å²) in [5, 5.41) is 145. The average Bonchev–Trinajstić information content (AvgIpc) is 3.37. The summed E-state index contributed by atoms with van der Waals surface area (Å²) >= 11 is 0. The second kappa shape index (κ2) is 25.1. The summed E-state index contributed by atoms with van der Waals surface area (Å²) in [4.78, 5) is 25.5. The van der Waals surface area contributed by atoms with Gasteiger partial charge in [-0.1, -0.05) is 24.3 Å². The second-order valence-corrected chi connectivity index (χ2v) is 16.8. The molecule has 4 heterocycles. The Bertz CT molecular complexity index is 2120. The molecule has 26 heteroatoms. The minimum atomic E-state index is -2.04. The number of aliphatic hydroxyl groups excluding tert-OH is 14. The Labute approximate surface area is 404 Å². The van der Waals surface area contributed by atoms with E-state index < -0.39 is 167 Å². The first-order valence-electron chi connectivity index (χ1n) is 22.2. The fourth-order valence-corrected chi connectivity index (χ4v) is 7.98. The van der Waals surface area contributed by atoms with Crippen LogP contribution in [0.5, 0.6) is 23.0 Å². The van der Waals surface area contributed by atoms with E-state index in [2.05, 4.69) is 0 Å². The van der Waals surface area contributed by atoms with Crippen molar-refractivity contribution in [1.82, 2.24) is 0 Å². The third kappa shape index (κ3) is 12.9. The molecule has 2 aromatic rings. The van der Waals surface area contributed by atoms with Gasteiger partial charge in [0.1, 0.15) is 97.7 Å². The summed E-state index contributed by atoms with van der Waals surface area (Å²) in [6, 6.07) is 8.73. The van der Waals surface area contributed by atoms with Gasteiger partial charge >= 0.3 is 0 Å². The van der Waals surface area contributed by atoms with Gasteiger partial charge in [-0.05, 0) is 47.5 Å². The lowest BCUT2D eigenvalue weighted by atomic mass is 9.96. The van der Waals surface area contributed by atoms with Gasteiger partial charge in [0.2, 0.25) is 12.6 Å². The van der Waals surface area contributed by atoms with Gasteiger partial charge in [-0.25, -0.2) is 0 Å². The number of hydrogen-bond acceptors (Lipinski definition) is 26. The van der Waals surface area contributed by atoms with Gasteiger partial charge in [0.05, 0.1) is 47.1 Å². The molecule has 4 aliphatic rings. The molecular formula is C45H60O26. The molecule has 4 saturated heterocycles. The van der Waals surface area contributed by atoms with E-state index >= 15 is 0 Å². The standard InChI is InChI=1S/C45H60O26/c1-62-24-11-18(5-9-22(24)64-42-36(58)34(56)30(52)26(14-46)66-42)3-7-20(50)13-21(51)8-4-19-6-10-23(25(12-19)63-2)65-44-38(60)40(32(54)28(16-48)68-44)71-45-39(61)41(33(55)29(17-49)69-45)70-43-37(59)35(57)31(53)27(15-47)67-43/h3-12,26-49,52-61H,13-17H2,1-2H3/b7-3+,8-4+/t26-,27-,28-,29-,30-,31-,32-,33-,34+,35+,36-,37-,38-,39-,40+,41+,42-,43+,44-,45+/m1/s1. The predicted molar refractivity (Wildman–Crippen MR) is 233 cm³/mol. The molecule has 0 unspecified atom stereocenters. The van der Waals surface area contributed by atoms with E-state index in [9.17, 15) is 81.1 Å². The number of ether oxygens (including phenoxy) is 10. The van der Waals surface area contributed by atoms with Crippen LogP contribution >= 0.6 is 0 Å². The highest BCUT2D eigenvalue weighted by Crippen LogP contribution is 2.37. The van der Waals surface area contributed by atoms with Gasteiger partial charge in [0.25, 0.3) is 0 Å². The maximum atomic E-state index is 12.8. The average molecular weight is 1020 g/mol. The van der Waals surface area contributed by atoms with E-state index in [4.69, 9.17) is 47.4 Å². The van der Waals surface area contributed by atoms with Crippen LogP contribution in [0.2, 0.25) is 0 Å². The Kier molecular flexibility index (Phi) is 19.8. The third-order valence-corrected chi connectivity index (χ3v) is 12.1. The van der Waals surface area contributed by atoms with Crippen LogP contribution in [0.15, 0.2) is 48.6 Å². The van der Waals surface area contributed by atoms with Crippen molar-refractivity contribution >= 4 is 23.7 Å². The number of methoxy groups -OCH3 is 2. The van der Waals surface area contributed by atoms with Crippen molar-refractivity contribution in [2.75, 3.05) is 40.6 Å². The molecule has 26 nitrogen and oxygen atoms in total. The van der Waals surface area contributed by atoms with E-state index in [0.29, 0.717) is 11.1 Å². The van der Waals surface area contributed by atoms with E-state index in [-0.39, 0.29) is 23.0 Å². The zero-order valence-electron chi connectivity index (χ0n) is 38.0. The van der Waals surface area contributed by atoms with E-state index in [1.54, 1.807) is 0 Å². The highest BCUT2D eigenvalue weighted by atomic mass is 16.8. The molecular weight excluding hydrogens is 956 g/mol. The molecule has 0 radical (unpaired) electrons. The molecule has 14 N–H and O–H groups in total. The first-order valence-corrected chi connectivity index (χ1v) is 22.2. The largest absolute Gasteiger partial charge is 0.493 e. The number of aliphatic hydroxyl groups is 14. The van der Waals surface area contributed by atoms with Crippen LogP contribution in [0.1, 0.15) is 17.5 Å². The molecule has 0 bridgehead atoms. The number of ketones is 2. The summed E-state index contributed by atoms with van der Waals surface area (Å²) in [7, 11) is 2.61. The number of allylic oxidation sites excluding steroid dienone is 2. The van der Waals surface area contributed by atoms with Crippen molar-refractivity contribution in [1.29, 1.82) is 0 Å². The molecule has 4 aliphatic heterocycles. The Morgan fingerprint density at radius 2 is 0.789 bits per heavy atom. The van der Waals surface area contributed by atoms with E-state index in [0.717, 1.165) is 6.08 Å². The van der Waals surface area contributed by atoms with Crippen LogP contribution in [0.4, 0.5) is 0 Å². The topological polar surface area (TPSA) is 410 Å². The predicted octanol–water partition coefficient (Wildman–Crippen LogP) is -6.04. The molecule has 0 aromatic heterocycles. The number of carbonyl (C=O) groups is 2. The van der Waals surface area contributed by atoms with Crippen molar-refractivity contribution in [2.24, 2.45) is 0 Å². The Balaban J connectivity index is 1.06. The molecule has 6 rings (SSSR count). The lowest BCUT2D eigenvalue weighted by Crippen LogP contribution is -2.67. The Hall–Kier alpha value is -4.34. The third-order valence-electron chi connectivity index (χ3n) is 12.1. The molecule has 0 aliphatic carbocycles. The quantitative estimate of drug-likeness (QED) is 0.0434. The zero-order valence-corrected chi connectivity index (χ0v) is 38.0. The van der Waals surface area contributed by atoms with Crippen molar-refractivity contribution in [3.8, 4) is 23.0 Å². The van der Waals surface area contributed by atoms with E-state index in [1.165, 1.54) is 68.8 Å². The van der Waals surface area contributed by atoms with Gasteiger partial charge in [-0.2, -0.15) is 0 Å². The SMILES string of the molecule is COc1cc(/C=C/C(=O)CC(=O)/C=C/c2ccc(O[C@@H]3O[C@H](CO)[C@@H](O)[C@H](O[C@@H]4O[C@H](CO)[C@@H](O)[C@H](O[C@@H]5O[C@H](CO)[C@@H](O)[C@H](O)[C@H]5O)[C@H]4O)[C@H]3O)c(OC)c2)ccc1O[C@@H]1O[C@H](CO)[C@@H](O)[C@H](O)[C@H]1O. The fraction of sp³-hybridized carbons (Fsp3) is 0.600. The highest BCUT2D eigenvalue weighted by Gasteiger charge is 2.54. The van der Waals surface area contributed by atoms with Crippen LogP contribution in [0.25, 0.3) is 12.2 Å². The molecule has 396 valence electrons. The normalized spacial score (nSPS) is 37.7. The van der Waals surface area contributed by atoms with Crippen LogP contribution in [-0.2, 0) is 38.0 Å². The van der Waals surface area contributed by atoms with Crippen molar-refractivity contribution in [2.45, 2.75) is 129 Å². The summed E-state index contributed by atoms with van der Waals surface area (Å²) in [5.41, 5.74) is 0.847. The first-order chi connectivity index (χ1) is 33.9. The van der Waals surface area contributed by atoms with Crippen LogP contribution in [0, 0.1) is 0 Å². The lowest BCUT2D eigenvalue weighted by molar-refractivity contribution is -0.378. The highest BCUT2D eigenvalue weighted by molar-refractivity contribution is 6.10. The monoisotopic (exact) mass is 1020 g/mol. The van der Waals surface area contributed by atoms with Crippen molar-refractivity contribution in [3.63, 3.8) is 0 Å². The first kappa shape index (κ1) is 56.0. The van der Waals surface area contributed by atoms with Crippen LogP contribution in [-0.4, -0.2) is 247 Å². The maximum Gasteiger partial charge on any atom is 0.229 e. The Morgan fingerprint density at radius 3 is 1.18 bits per heavy atom. The second-order valence-electron chi connectivity index (χ2n) is 16.8. The van der Waals surface area contributed by atoms with Crippen molar-refractivity contribution in [3.05, 3.63) is 59.7 Å². The number of carbonyl (C=O) groups excluding carboxylic acids is 2. The minimum Gasteiger partial charge on any atom is -0.493 e. The van der Waals surface area contributed by atoms with Gasteiger partial charge in [0, 0.05) is 0 Å². The number of rotatable bonds is 20.